The molecule has 0 unspecified atom stereocenters. The Morgan fingerprint density at radius 2 is 2.04 bits per heavy atom. The summed E-state index contributed by atoms with van der Waals surface area (Å²) in [6.45, 7) is 1.77. The van der Waals surface area contributed by atoms with Gasteiger partial charge in [0.1, 0.15) is 5.03 Å². The summed E-state index contributed by atoms with van der Waals surface area (Å²) in [6, 6.07) is 7.57. The summed E-state index contributed by atoms with van der Waals surface area (Å²) in [5.74, 6) is 0.641. The van der Waals surface area contributed by atoms with Gasteiger partial charge in [0.05, 0.1) is 17.9 Å². The molecule has 1 aliphatic rings. The number of amides is 1. The fourth-order valence-corrected chi connectivity index (χ4v) is 3.03. The molecular weight excluding hydrogens is 338 g/mol. The zero-order chi connectivity index (χ0) is 17.9. The number of hydrogen-bond donors (Lipinski definition) is 3. The molecule has 0 aliphatic carbocycles. The molecule has 8 heteroatoms. The van der Waals surface area contributed by atoms with Gasteiger partial charge < -0.3 is 21.1 Å². The van der Waals surface area contributed by atoms with Crippen LogP contribution in [0, 0.1) is 0 Å². The topological polar surface area (TPSA) is 104 Å². The third-order valence-electron chi connectivity index (χ3n) is 3.50. The number of benzene rings is 1. The number of rotatable bonds is 4. The molecule has 2 heterocycles. The highest BCUT2D eigenvalue weighted by molar-refractivity contribution is 7.99. The molecule has 128 valence electrons. The minimum absolute atomic E-state index is 0.641. The normalized spacial score (nSPS) is 15.2. The number of carboxylic acid groups (broad SMARTS) is 1. The summed E-state index contributed by atoms with van der Waals surface area (Å²) in [7, 11) is 0. The lowest BCUT2D eigenvalue weighted by Gasteiger charge is -2.28. The molecule has 0 fully saturated rings. The first kappa shape index (κ1) is 16.8. The molecule has 1 aromatic carbocycles. The maximum atomic E-state index is 10.8. The first-order valence-electron chi connectivity index (χ1n) is 7.47. The van der Waals surface area contributed by atoms with E-state index in [4.69, 9.17) is 10.8 Å². The second-order valence-corrected chi connectivity index (χ2v) is 6.73. The van der Waals surface area contributed by atoms with E-state index in [9.17, 15) is 4.79 Å². The molecule has 25 heavy (non-hydrogen) atoms. The van der Waals surface area contributed by atoms with E-state index in [-0.39, 0.29) is 0 Å². The van der Waals surface area contributed by atoms with E-state index in [0.29, 0.717) is 11.5 Å². The Hall–Kier alpha value is -3.00. The predicted molar refractivity (Wildman–Crippen MR) is 97.3 cm³/mol. The van der Waals surface area contributed by atoms with Gasteiger partial charge in [-0.05, 0) is 37.3 Å². The predicted octanol–water partition coefficient (Wildman–Crippen LogP) is 3.08. The maximum Gasteiger partial charge on any atom is 0.405 e. The van der Waals surface area contributed by atoms with E-state index >= 15 is 0 Å². The fourth-order valence-electron chi connectivity index (χ4n) is 2.24. The van der Waals surface area contributed by atoms with Crippen LogP contribution in [0.5, 0.6) is 0 Å². The molecule has 3 rings (SSSR count). The highest BCUT2D eigenvalue weighted by Crippen LogP contribution is 2.28. The van der Waals surface area contributed by atoms with Gasteiger partial charge in [-0.2, -0.15) is 0 Å². The summed E-state index contributed by atoms with van der Waals surface area (Å²) in [5, 5.41) is 12.1. The molecule has 1 amide bonds. The fraction of sp³-hybridized carbons (Fsp3) is 0.118. The van der Waals surface area contributed by atoms with Gasteiger partial charge in [0.15, 0.2) is 5.82 Å². The van der Waals surface area contributed by atoms with Crippen LogP contribution in [0.2, 0.25) is 0 Å². The van der Waals surface area contributed by atoms with Crippen LogP contribution < -0.4 is 16.0 Å². The maximum absolute atomic E-state index is 10.8. The SMILES string of the molecule is CC1(NC(=O)O)C=CN(c2cnc(Sc3cccc(N)c3)cn2)C=C1. The van der Waals surface area contributed by atoms with Crippen molar-refractivity contribution in [2.45, 2.75) is 22.4 Å². The molecule has 0 bridgehead atoms. The molecule has 2 aromatic rings. The molecule has 7 nitrogen and oxygen atoms in total. The number of aromatic nitrogens is 2. The number of nitrogens with two attached hydrogens (primary N) is 1. The Kier molecular flexibility index (Phi) is 4.62. The largest absolute Gasteiger partial charge is 0.465 e. The average Bonchev–Trinajstić information content (AvgIpc) is 2.55. The number of nitrogens with zero attached hydrogens (tertiary/aromatic N) is 3. The highest BCUT2D eigenvalue weighted by atomic mass is 32.2. The van der Waals surface area contributed by atoms with Gasteiger partial charge in [-0.25, -0.2) is 14.8 Å². The van der Waals surface area contributed by atoms with E-state index < -0.39 is 11.6 Å². The van der Waals surface area contributed by atoms with E-state index in [0.717, 1.165) is 9.92 Å². The van der Waals surface area contributed by atoms with Crippen molar-refractivity contribution in [3.8, 4) is 0 Å². The van der Waals surface area contributed by atoms with Crippen molar-refractivity contribution in [3.63, 3.8) is 0 Å². The van der Waals surface area contributed by atoms with Crippen molar-refractivity contribution in [2.24, 2.45) is 0 Å². The van der Waals surface area contributed by atoms with Crippen molar-refractivity contribution in [3.05, 3.63) is 61.2 Å². The van der Waals surface area contributed by atoms with Gasteiger partial charge >= 0.3 is 6.09 Å². The first-order chi connectivity index (χ1) is 11.9. The molecule has 0 spiro atoms. The Balaban J connectivity index is 1.68. The number of nitrogens with one attached hydrogen (secondary N) is 1. The molecule has 4 N–H and O–H groups in total. The zero-order valence-electron chi connectivity index (χ0n) is 13.5. The zero-order valence-corrected chi connectivity index (χ0v) is 14.3. The van der Waals surface area contributed by atoms with Gasteiger partial charge in [-0.15, -0.1) is 0 Å². The van der Waals surface area contributed by atoms with Crippen molar-refractivity contribution in [2.75, 3.05) is 10.6 Å². The Morgan fingerprint density at radius 1 is 1.28 bits per heavy atom. The second-order valence-electron chi connectivity index (χ2n) is 5.64. The lowest BCUT2D eigenvalue weighted by molar-refractivity contribution is 0.189. The monoisotopic (exact) mass is 355 g/mol. The lowest BCUT2D eigenvalue weighted by atomic mass is 10.0. The number of anilines is 2. The minimum atomic E-state index is -1.08. The molecule has 0 atom stereocenters. The minimum Gasteiger partial charge on any atom is -0.465 e. The third kappa shape index (κ3) is 4.30. The van der Waals surface area contributed by atoms with Crippen LogP contribution in [0.1, 0.15) is 6.92 Å². The third-order valence-corrected chi connectivity index (χ3v) is 4.41. The summed E-state index contributed by atoms with van der Waals surface area (Å²) in [4.78, 5) is 22.4. The molecule has 0 saturated carbocycles. The number of carbonyl (C=O) groups is 1. The van der Waals surface area contributed by atoms with Crippen molar-refractivity contribution >= 4 is 29.4 Å². The summed E-state index contributed by atoms with van der Waals surface area (Å²) in [5.41, 5.74) is 5.74. The lowest BCUT2D eigenvalue weighted by Crippen LogP contribution is -2.43. The average molecular weight is 355 g/mol. The number of hydrogen-bond acceptors (Lipinski definition) is 6. The Morgan fingerprint density at radius 3 is 2.64 bits per heavy atom. The molecule has 0 saturated heterocycles. The van der Waals surface area contributed by atoms with E-state index in [1.54, 1.807) is 48.8 Å². The van der Waals surface area contributed by atoms with Crippen molar-refractivity contribution < 1.29 is 9.90 Å². The van der Waals surface area contributed by atoms with E-state index in [1.165, 1.54) is 11.8 Å². The van der Waals surface area contributed by atoms with Gasteiger partial charge in [0, 0.05) is 23.0 Å². The summed E-state index contributed by atoms with van der Waals surface area (Å²) >= 11 is 1.48. The molecule has 0 radical (unpaired) electrons. The van der Waals surface area contributed by atoms with Crippen molar-refractivity contribution in [1.29, 1.82) is 0 Å². The standard InChI is InChI=1S/C17H17N5O2S/c1-17(21-16(23)24)5-7-22(8-6-17)14-10-20-15(11-19-14)25-13-4-2-3-12(18)9-13/h2-11,21H,18H2,1H3,(H,23,24). The quantitative estimate of drug-likeness (QED) is 0.724. The smallest absolute Gasteiger partial charge is 0.405 e. The Labute approximate surface area is 149 Å². The van der Waals surface area contributed by atoms with Crippen LogP contribution in [0.3, 0.4) is 0 Å². The van der Waals surface area contributed by atoms with Gasteiger partial charge in [0.25, 0.3) is 0 Å². The molecule has 1 aromatic heterocycles. The van der Waals surface area contributed by atoms with Gasteiger partial charge in [-0.1, -0.05) is 17.8 Å². The van der Waals surface area contributed by atoms with Crippen molar-refractivity contribution in [1.82, 2.24) is 15.3 Å². The van der Waals surface area contributed by atoms with Crippen LogP contribution in [0.25, 0.3) is 0 Å². The van der Waals surface area contributed by atoms with Gasteiger partial charge in [0.2, 0.25) is 0 Å². The summed E-state index contributed by atoms with van der Waals surface area (Å²) < 4.78 is 0. The van der Waals surface area contributed by atoms with Crippen LogP contribution >= 0.6 is 11.8 Å². The van der Waals surface area contributed by atoms with Crippen LogP contribution in [-0.4, -0.2) is 26.7 Å². The summed E-state index contributed by atoms with van der Waals surface area (Å²) in [6.07, 6.45) is 9.28. The van der Waals surface area contributed by atoms with Gasteiger partial charge in [-0.3, -0.25) is 0 Å². The second kappa shape index (κ2) is 6.86. The van der Waals surface area contributed by atoms with E-state index in [1.807, 2.05) is 24.3 Å². The number of nitrogen functional groups attached to an aromatic ring is 1. The molecular formula is C17H17N5O2S. The highest BCUT2D eigenvalue weighted by Gasteiger charge is 2.23. The first-order valence-corrected chi connectivity index (χ1v) is 8.29. The van der Waals surface area contributed by atoms with E-state index in [2.05, 4.69) is 15.3 Å². The molecule has 1 aliphatic heterocycles. The van der Waals surface area contributed by atoms with Crippen LogP contribution in [-0.2, 0) is 0 Å². The van der Waals surface area contributed by atoms with Crippen LogP contribution in [0.15, 0.2) is 71.1 Å². The Bertz CT molecular complexity index is 821. The van der Waals surface area contributed by atoms with Crippen LogP contribution in [0.4, 0.5) is 16.3 Å².